The lowest BCUT2D eigenvalue weighted by atomic mass is 9.97. The lowest BCUT2D eigenvalue weighted by molar-refractivity contribution is -0.267. The van der Waals surface area contributed by atoms with Crippen molar-refractivity contribution < 1.29 is 48.0 Å². The molecule has 1 aromatic heterocycles. The molecule has 0 aliphatic carbocycles. The summed E-state index contributed by atoms with van der Waals surface area (Å²) in [4.78, 5) is 48.3. The Morgan fingerprint density at radius 2 is 1.44 bits per heavy atom. The fourth-order valence-corrected chi connectivity index (χ4v) is 5.19. The Balaban J connectivity index is 1.87. The monoisotopic (exact) mass is 567 g/mol. The molecule has 41 heavy (non-hydrogen) atoms. The SMILES string of the molecule is CC(=O)OCC1OC(n2cc(Cc3ccc(O)cc3)c3c(C)cccc32)C(OC(C)=O)C(OC(C)=O)C1OC(C)=O. The maximum absolute atomic E-state index is 12.3. The second kappa shape index (κ2) is 12.4. The van der Waals surface area contributed by atoms with E-state index in [4.69, 9.17) is 23.7 Å². The lowest BCUT2D eigenvalue weighted by Gasteiger charge is -2.44. The van der Waals surface area contributed by atoms with E-state index < -0.39 is 54.5 Å². The van der Waals surface area contributed by atoms with Crippen molar-refractivity contribution in [3.05, 3.63) is 65.4 Å². The highest BCUT2D eigenvalue weighted by atomic mass is 16.7. The molecule has 1 saturated heterocycles. The van der Waals surface area contributed by atoms with Crippen LogP contribution in [0, 0.1) is 6.92 Å². The third-order valence-corrected chi connectivity index (χ3v) is 6.72. The fourth-order valence-electron chi connectivity index (χ4n) is 5.19. The molecule has 1 aliphatic heterocycles. The molecule has 2 aromatic carbocycles. The van der Waals surface area contributed by atoms with E-state index in [1.807, 2.05) is 43.5 Å². The molecule has 2 heterocycles. The van der Waals surface area contributed by atoms with E-state index >= 15 is 0 Å². The van der Waals surface area contributed by atoms with E-state index in [9.17, 15) is 24.3 Å². The van der Waals surface area contributed by atoms with E-state index in [2.05, 4.69) is 0 Å². The molecule has 1 fully saturated rings. The Labute approximate surface area is 236 Å². The topological polar surface area (TPSA) is 140 Å². The molecule has 11 heteroatoms. The van der Waals surface area contributed by atoms with Gasteiger partial charge in [0.15, 0.2) is 24.5 Å². The van der Waals surface area contributed by atoms with Crippen molar-refractivity contribution in [1.82, 2.24) is 4.57 Å². The zero-order chi connectivity index (χ0) is 29.8. The van der Waals surface area contributed by atoms with Crippen molar-refractivity contribution in [2.24, 2.45) is 0 Å². The van der Waals surface area contributed by atoms with Gasteiger partial charge in [-0.3, -0.25) is 19.2 Å². The van der Waals surface area contributed by atoms with Gasteiger partial charge in [-0.25, -0.2) is 0 Å². The number of nitrogens with zero attached hydrogens (tertiary/aromatic N) is 1. The van der Waals surface area contributed by atoms with Crippen LogP contribution >= 0.6 is 0 Å². The largest absolute Gasteiger partial charge is 0.508 e. The van der Waals surface area contributed by atoms with Gasteiger partial charge in [-0.2, -0.15) is 0 Å². The summed E-state index contributed by atoms with van der Waals surface area (Å²) < 4.78 is 30.2. The van der Waals surface area contributed by atoms with Gasteiger partial charge in [-0.15, -0.1) is 0 Å². The van der Waals surface area contributed by atoms with E-state index in [1.54, 1.807) is 16.7 Å². The maximum atomic E-state index is 12.3. The molecule has 0 radical (unpaired) electrons. The van der Waals surface area contributed by atoms with Crippen molar-refractivity contribution in [2.75, 3.05) is 6.61 Å². The molecular formula is C30H33NO10. The minimum absolute atomic E-state index is 0.157. The Hall–Kier alpha value is -4.38. The average molecular weight is 568 g/mol. The zero-order valence-corrected chi connectivity index (χ0v) is 23.5. The average Bonchev–Trinajstić information content (AvgIpc) is 3.25. The maximum Gasteiger partial charge on any atom is 0.303 e. The third-order valence-electron chi connectivity index (χ3n) is 6.72. The van der Waals surface area contributed by atoms with Crippen LogP contribution in [0.3, 0.4) is 0 Å². The van der Waals surface area contributed by atoms with Crippen molar-refractivity contribution >= 4 is 34.8 Å². The van der Waals surface area contributed by atoms with Gasteiger partial charge < -0.3 is 33.4 Å². The van der Waals surface area contributed by atoms with E-state index in [0.717, 1.165) is 27.6 Å². The summed E-state index contributed by atoms with van der Waals surface area (Å²) in [7, 11) is 0. The molecular weight excluding hydrogens is 534 g/mol. The molecule has 0 spiro atoms. The van der Waals surface area contributed by atoms with Crippen molar-refractivity contribution in [1.29, 1.82) is 0 Å². The van der Waals surface area contributed by atoms with Crippen LogP contribution in [0.4, 0.5) is 0 Å². The first-order valence-corrected chi connectivity index (χ1v) is 13.1. The van der Waals surface area contributed by atoms with Crippen LogP contribution in [0.25, 0.3) is 10.9 Å². The number of rotatable bonds is 8. The third kappa shape index (κ3) is 6.86. The zero-order valence-electron chi connectivity index (χ0n) is 23.5. The number of carbonyl (C=O) groups is 4. The minimum atomic E-state index is -1.28. The summed E-state index contributed by atoms with van der Waals surface area (Å²) in [6, 6.07) is 12.6. The van der Waals surface area contributed by atoms with Gasteiger partial charge in [0.2, 0.25) is 0 Å². The second-order valence-corrected chi connectivity index (χ2v) is 9.96. The number of fused-ring (bicyclic) bond motifs is 1. The van der Waals surface area contributed by atoms with Crippen LogP contribution in [0.1, 0.15) is 50.6 Å². The standard InChI is InChI=1S/C30H33NO10/c1-16-7-6-8-24-26(16)22(13-21-9-11-23(36)12-10-21)14-31(24)30-29(40-20(5)35)28(39-19(4)34)27(38-18(3)33)25(41-30)15-37-17(2)32/h6-12,14,25,27-30,36H,13,15H2,1-5H3. The highest BCUT2D eigenvalue weighted by Gasteiger charge is 2.53. The number of hydrogen-bond donors (Lipinski definition) is 1. The fraction of sp³-hybridized carbons (Fsp3) is 0.400. The van der Waals surface area contributed by atoms with Gasteiger partial charge >= 0.3 is 23.9 Å². The number of benzene rings is 2. The lowest BCUT2D eigenvalue weighted by Crippen LogP contribution is -2.60. The number of aromatic nitrogens is 1. The first-order valence-electron chi connectivity index (χ1n) is 13.1. The molecule has 0 saturated carbocycles. The predicted octanol–water partition coefficient (Wildman–Crippen LogP) is 3.50. The predicted molar refractivity (Wildman–Crippen MR) is 145 cm³/mol. The highest BCUT2D eigenvalue weighted by Crippen LogP contribution is 2.38. The molecule has 0 bridgehead atoms. The smallest absolute Gasteiger partial charge is 0.303 e. The number of hydrogen-bond acceptors (Lipinski definition) is 10. The summed E-state index contributed by atoms with van der Waals surface area (Å²) in [6.07, 6.45) is -3.49. The number of aryl methyl sites for hydroxylation is 1. The number of aromatic hydroxyl groups is 1. The number of ether oxygens (including phenoxy) is 5. The summed E-state index contributed by atoms with van der Waals surface area (Å²) >= 11 is 0. The highest BCUT2D eigenvalue weighted by molar-refractivity contribution is 5.87. The van der Waals surface area contributed by atoms with Gasteiger partial charge in [-0.1, -0.05) is 24.3 Å². The van der Waals surface area contributed by atoms with Gasteiger partial charge in [0, 0.05) is 39.3 Å². The summed E-state index contributed by atoms with van der Waals surface area (Å²) in [5.41, 5.74) is 3.61. The molecule has 1 N–H and O–H groups in total. The molecule has 4 rings (SSSR count). The number of phenols is 1. The molecule has 1 aliphatic rings. The van der Waals surface area contributed by atoms with Crippen molar-refractivity contribution in [3.63, 3.8) is 0 Å². The minimum Gasteiger partial charge on any atom is -0.508 e. The molecule has 0 amide bonds. The quantitative estimate of drug-likeness (QED) is 0.318. The van der Waals surface area contributed by atoms with Gasteiger partial charge in [0.25, 0.3) is 0 Å². The Morgan fingerprint density at radius 1 is 0.829 bits per heavy atom. The molecule has 218 valence electrons. The van der Waals surface area contributed by atoms with Crippen LogP contribution in [-0.4, -0.2) is 64.6 Å². The Morgan fingerprint density at radius 3 is 2.05 bits per heavy atom. The second-order valence-electron chi connectivity index (χ2n) is 9.96. The van der Waals surface area contributed by atoms with Gasteiger partial charge in [0.05, 0.1) is 5.52 Å². The number of esters is 4. The van der Waals surface area contributed by atoms with Crippen LogP contribution in [0.15, 0.2) is 48.7 Å². The van der Waals surface area contributed by atoms with E-state index in [1.165, 1.54) is 27.7 Å². The molecule has 11 nitrogen and oxygen atoms in total. The summed E-state index contributed by atoms with van der Waals surface area (Å²) in [6.45, 7) is 6.46. The van der Waals surface area contributed by atoms with E-state index in [0.29, 0.717) is 6.42 Å². The molecule has 5 atom stereocenters. The molecule has 5 unspecified atom stereocenters. The first-order chi connectivity index (χ1) is 19.4. The Bertz CT molecular complexity index is 1440. The number of phenolic OH excluding ortho intramolecular Hbond substituents is 1. The number of carbonyl (C=O) groups excluding carboxylic acids is 4. The van der Waals surface area contributed by atoms with Gasteiger partial charge in [0.1, 0.15) is 18.5 Å². The Kier molecular flexibility index (Phi) is 8.97. The van der Waals surface area contributed by atoms with Crippen LogP contribution in [0.5, 0.6) is 5.75 Å². The van der Waals surface area contributed by atoms with Gasteiger partial charge in [-0.05, 0) is 48.2 Å². The van der Waals surface area contributed by atoms with Crippen molar-refractivity contribution in [2.45, 2.75) is 71.7 Å². The van der Waals surface area contributed by atoms with Crippen LogP contribution in [-0.2, 0) is 49.3 Å². The van der Waals surface area contributed by atoms with Crippen molar-refractivity contribution in [3.8, 4) is 5.75 Å². The molecule has 3 aromatic rings. The normalized spacial score (nSPS) is 22.1. The summed E-state index contributed by atoms with van der Waals surface area (Å²) in [5.74, 6) is -2.49. The summed E-state index contributed by atoms with van der Waals surface area (Å²) in [5, 5.41) is 10.7. The first kappa shape index (κ1) is 29.6. The van der Waals surface area contributed by atoms with Crippen LogP contribution < -0.4 is 0 Å². The van der Waals surface area contributed by atoms with E-state index in [-0.39, 0.29) is 12.4 Å². The van der Waals surface area contributed by atoms with Crippen LogP contribution in [0.2, 0.25) is 0 Å².